The molecule has 5 nitrogen and oxygen atoms in total. The maximum absolute atomic E-state index is 11.9. The first-order valence-corrected chi connectivity index (χ1v) is 12.6. The van der Waals surface area contributed by atoms with E-state index in [1.807, 2.05) is 7.05 Å². The van der Waals surface area contributed by atoms with Crippen LogP contribution in [0.15, 0.2) is 35.2 Å². The number of carbonyl (C=O) groups excluding carboxylic acids is 1. The number of hydrogen-bond acceptors (Lipinski definition) is 4. The Morgan fingerprint density at radius 1 is 0.900 bits per heavy atom. The Hall–Kier alpha value is -0.140. The third kappa shape index (κ3) is 14.0. The third-order valence-electron chi connectivity index (χ3n) is 5.08. The fourth-order valence-electron chi connectivity index (χ4n) is 3.20. The largest absolute Gasteiger partial charge is 0.346 e. The molecule has 0 N–H and O–H groups in total. The molecule has 168 valence electrons. The average molecular weight is 466 g/mol. The van der Waals surface area contributed by atoms with E-state index in [1.54, 1.807) is 35.2 Å². The van der Waals surface area contributed by atoms with Crippen LogP contribution in [0.5, 0.6) is 0 Å². The summed E-state index contributed by atoms with van der Waals surface area (Å²) >= 11 is 0. The van der Waals surface area contributed by atoms with Gasteiger partial charge in [0.1, 0.15) is 0 Å². The van der Waals surface area contributed by atoms with Gasteiger partial charge in [-0.15, -0.1) is 0 Å². The Kier molecular flexibility index (Phi) is 18.3. The molecule has 1 heterocycles. The third-order valence-corrected chi connectivity index (χ3v) is 6.40. The van der Waals surface area contributed by atoms with Crippen LogP contribution in [0.2, 0.25) is 0 Å². The van der Waals surface area contributed by atoms with Crippen molar-refractivity contribution in [3.8, 4) is 0 Å². The summed E-state index contributed by atoms with van der Waals surface area (Å²) in [6.45, 7) is 3.48. The molecule has 0 saturated carbocycles. The Morgan fingerprint density at radius 3 is 1.87 bits per heavy atom. The summed E-state index contributed by atoms with van der Waals surface area (Å²) in [6, 6.07) is 8.33. The van der Waals surface area contributed by atoms with Crippen molar-refractivity contribution in [2.45, 2.75) is 88.9 Å². The minimum absolute atomic E-state index is 0. The van der Waals surface area contributed by atoms with E-state index in [-0.39, 0.29) is 49.2 Å². The minimum Gasteiger partial charge on any atom is -0.346 e. The quantitative estimate of drug-likeness (QED) is 0.229. The molecule has 1 aliphatic heterocycles. The summed E-state index contributed by atoms with van der Waals surface area (Å²) in [6.07, 6.45) is 14.1. The van der Waals surface area contributed by atoms with Crippen molar-refractivity contribution in [1.29, 1.82) is 0 Å². The zero-order valence-corrected chi connectivity index (χ0v) is 22.0. The van der Waals surface area contributed by atoms with Crippen molar-refractivity contribution in [3.05, 3.63) is 30.3 Å². The molecule has 7 heteroatoms. The second-order valence-corrected chi connectivity index (χ2v) is 9.31. The molecule has 1 aliphatic rings. The molecule has 0 aliphatic carbocycles. The standard InChI is InChI=1S/C18H30O3S.C5H9NO.Ca/c1-2-3-4-5-6-7-8-9-10-14-17-21-22(19,20)18-15-12-11-13-16-18;1-6-4-2-3-5(6)7;/h11-13,15-16H,2-10,14,17H2,1H3;2-4H2,1H3;. The van der Waals surface area contributed by atoms with E-state index < -0.39 is 10.1 Å². The Balaban J connectivity index is 0.000000886. The molecule has 30 heavy (non-hydrogen) atoms. The number of carbonyl (C=O) groups is 1. The summed E-state index contributed by atoms with van der Waals surface area (Å²) in [7, 11) is -1.73. The van der Waals surface area contributed by atoms with E-state index in [9.17, 15) is 13.2 Å². The van der Waals surface area contributed by atoms with Crippen LogP contribution in [0.3, 0.4) is 0 Å². The van der Waals surface area contributed by atoms with Gasteiger partial charge in [0, 0.05) is 57.8 Å². The van der Waals surface area contributed by atoms with Crippen LogP contribution < -0.4 is 0 Å². The van der Waals surface area contributed by atoms with Crippen LogP contribution in [0.25, 0.3) is 0 Å². The van der Waals surface area contributed by atoms with Crippen LogP contribution in [0, 0.1) is 0 Å². The van der Waals surface area contributed by atoms with Gasteiger partial charge in [0.15, 0.2) is 0 Å². The van der Waals surface area contributed by atoms with Crippen molar-refractivity contribution < 1.29 is 17.4 Å². The van der Waals surface area contributed by atoms with Crippen molar-refractivity contribution in [1.82, 2.24) is 4.90 Å². The van der Waals surface area contributed by atoms with Crippen molar-refractivity contribution in [2.75, 3.05) is 20.2 Å². The van der Waals surface area contributed by atoms with Gasteiger partial charge in [0.2, 0.25) is 5.91 Å². The zero-order valence-electron chi connectivity index (χ0n) is 19.0. The zero-order chi connectivity index (χ0) is 21.4. The number of hydrogen-bond donors (Lipinski definition) is 0. The minimum atomic E-state index is -3.57. The summed E-state index contributed by atoms with van der Waals surface area (Å²) in [4.78, 5) is 12.5. The van der Waals surface area contributed by atoms with Crippen LogP contribution in [-0.4, -0.2) is 77.2 Å². The van der Waals surface area contributed by atoms with Gasteiger partial charge in [0.25, 0.3) is 10.1 Å². The molecular weight excluding hydrogens is 426 g/mol. The summed E-state index contributed by atoms with van der Waals surface area (Å²) in [5, 5.41) is 0. The van der Waals surface area contributed by atoms with Gasteiger partial charge in [-0.3, -0.25) is 8.98 Å². The molecule has 0 atom stereocenters. The normalized spacial score (nSPS) is 13.5. The number of benzene rings is 1. The molecule has 2 radical (unpaired) electrons. The number of amides is 1. The molecular formula is C23H39CaNO4S. The molecule has 1 fully saturated rings. The number of rotatable bonds is 13. The van der Waals surface area contributed by atoms with E-state index >= 15 is 0 Å². The Bertz CT molecular complexity index is 652. The van der Waals surface area contributed by atoms with E-state index in [1.165, 1.54) is 51.4 Å². The number of unbranched alkanes of at least 4 members (excludes halogenated alkanes) is 9. The Labute approximate surface area is 214 Å². The maximum atomic E-state index is 11.9. The van der Waals surface area contributed by atoms with Gasteiger partial charge in [-0.25, -0.2) is 0 Å². The van der Waals surface area contributed by atoms with Gasteiger partial charge in [-0.2, -0.15) is 8.42 Å². The van der Waals surface area contributed by atoms with Crippen molar-refractivity contribution in [2.24, 2.45) is 0 Å². The van der Waals surface area contributed by atoms with Crippen LogP contribution >= 0.6 is 0 Å². The molecule has 1 saturated heterocycles. The van der Waals surface area contributed by atoms with Gasteiger partial charge in [-0.1, -0.05) is 82.9 Å². The molecule has 0 bridgehead atoms. The summed E-state index contributed by atoms with van der Waals surface area (Å²) in [5.74, 6) is 0.292. The predicted octanol–water partition coefficient (Wildman–Crippen LogP) is 5.17. The van der Waals surface area contributed by atoms with Crippen LogP contribution in [0.1, 0.15) is 84.0 Å². The summed E-state index contributed by atoms with van der Waals surface area (Å²) in [5.41, 5.74) is 0. The first kappa shape index (κ1) is 29.9. The second kappa shape index (κ2) is 18.4. The smallest absolute Gasteiger partial charge is 0.296 e. The fraction of sp³-hybridized carbons (Fsp3) is 0.696. The monoisotopic (exact) mass is 465 g/mol. The first-order chi connectivity index (χ1) is 14.0. The molecule has 2 rings (SSSR count). The van der Waals surface area contributed by atoms with Crippen LogP contribution in [0.4, 0.5) is 0 Å². The first-order valence-electron chi connectivity index (χ1n) is 11.2. The average Bonchev–Trinajstić information content (AvgIpc) is 3.10. The van der Waals surface area contributed by atoms with Crippen LogP contribution in [-0.2, 0) is 19.1 Å². The van der Waals surface area contributed by atoms with Crippen molar-refractivity contribution >= 4 is 53.8 Å². The van der Waals surface area contributed by atoms with Crippen molar-refractivity contribution in [3.63, 3.8) is 0 Å². The fourth-order valence-corrected chi connectivity index (χ4v) is 4.16. The molecule has 0 aromatic heterocycles. The summed E-state index contributed by atoms with van der Waals surface area (Å²) < 4.78 is 28.8. The molecule has 0 spiro atoms. The van der Waals surface area contributed by atoms with Gasteiger partial charge >= 0.3 is 0 Å². The van der Waals surface area contributed by atoms with E-state index in [0.29, 0.717) is 5.91 Å². The number of nitrogens with zero attached hydrogens (tertiary/aromatic N) is 1. The predicted molar refractivity (Wildman–Crippen MR) is 124 cm³/mol. The topological polar surface area (TPSA) is 63.7 Å². The van der Waals surface area contributed by atoms with E-state index in [0.717, 1.165) is 32.2 Å². The van der Waals surface area contributed by atoms with Gasteiger partial charge in [-0.05, 0) is 25.0 Å². The molecule has 1 aromatic carbocycles. The van der Waals surface area contributed by atoms with E-state index in [2.05, 4.69) is 6.92 Å². The molecule has 1 aromatic rings. The Morgan fingerprint density at radius 2 is 1.43 bits per heavy atom. The van der Waals surface area contributed by atoms with Gasteiger partial charge < -0.3 is 4.90 Å². The number of likely N-dealkylation sites (tertiary alicyclic amines) is 1. The van der Waals surface area contributed by atoms with Gasteiger partial charge in [0.05, 0.1) is 11.5 Å². The van der Waals surface area contributed by atoms with E-state index in [4.69, 9.17) is 4.18 Å². The SMILES string of the molecule is CCCCCCCCCCCCOS(=O)(=O)c1ccccc1.CN1CCCC1=O.[Ca]. The maximum Gasteiger partial charge on any atom is 0.296 e. The molecule has 0 unspecified atom stereocenters. The second-order valence-electron chi connectivity index (χ2n) is 7.69. The molecule has 1 amide bonds.